The Hall–Kier alpha value is -0.440. The molecular weight excluding hydrogens is 244 g/mol. The molecule has 0 aromatic heterocycles. The number of ketones is 2. The molecule has 0 aliphatic heterocycles. The Balaban J connectivity index is 2.13. The van der Waals surface area contributed by atoms with Crippen molar-refractivity contribution >= 4 is 27.5 Å². The third kappa shape index (κ3) is 1.58. The van der Waals surface area contributed by atoms with Gasteiger partial charge in [0.15, 0.2) is 5.78 Å². The lowest BCUT2D eigenvalue weighted by Gasteiger charge is -2.13. The minimum absolute atomic E-state index is 0.182. The first kappa shape index (κ1) is 10.1. The summed E-state index contributed by atoms with van der Waals surface area (Å²) in [6, 6.07) is 0. The van der Waals surface area contributed by atoms with Crippen LogP contribution >= 0.6 is 15.9 Å². The van der Waals surface area contributed by atoms with E-state index < -0.39 is 0 Å². The molecular formula is C11H13BrO2. The lowest BCUT2D eigenvalue weighted by atomic mass is 9.94. The second kappa shape index (κ2) is 3.30. The average molecular weight is 257 g/mol. The second-order valence-electron chi connectivity index (χ2n) is 4.21. The standard InChI is InChI=1S/C11H13BrO2/c1-7(13)11(12)6-10(11)8-3-2-4-9(14)5-8/h5,10H,2-4,6H2,1H3/t10-,11+/m0/s1. The van der Waals surface area contributed by atoms with Crippen molar-refractivity contribution in [1.29, 1.82) is 0 Å². The molecule has 0 saturated heterocycles. The van der Waals surface area contributed by atoms with E-state index in [0.717, 1.165) is 19.3 Å². The molecule has 0 heterocycles. The highest BCUT2D eigenvalue weighted by atomic mass is 79.9. The maximum absolute atomic E-state index is 11.3. The molecule has 76 valence electrons. The predicted molar refractivity (Wildman–Crippen MR) is 57.4 cm³/mol. The number of hydrogen-bond acceptors (Lipinski definition) is 2. The molecule has 1 fully saturated rings. The van der Waals surface area contributed by atoms with Crippen LogP contribution in [0.1, 0.15) is 32.6 Å². The Bertz CT molecular complexity index is 332. The van der Waals surface area contributed by atoms with Crippen molar-refractivity contribution in [2.75, 3.05) is 0 Å². The Morgan fingerprint density at radius 3 is 2.79 bits per heavy atom. The van der Waals surface area contributed by atoms with Crippen molar-refractivity contribution in [2.24, 2.45) is 5.92 Å². The van der Waals surface area contributed by atoms with Gasteiger partial charge in [0.1, 0.15) is 5.78 Å². The van der Waals surface area contributed by atoms with Gasteiger partial charge in [0.05, 0.1) is 4.32 Å². The maximum atomic E-state index is 11.3. The van der Waals surface area contributed by atoms with Crippen LogP contribution < -0.4 is 0 Å². The number of rotatable bonds is 2. The van der Waals surface area contributed by atoms with Crippen molar-refractivity contribution in [3.8, 4) is 0 Å². The van der Waals surface area contributed by atoms with Crippen LogP contribution in [0.25, 0.3) is 0 Å². The molecule has 14 heavy (non-hydrogen) atoms. The number of Topliss-reactive ketones (excluding diaryl/α,β-unsaturated/α-hetero) is 1. The van der Waals surface area contributed by atoms with Gasteiger partial charge in [-0.05, 0) is 32.3 Å². The average Bonchev–Trinajstić information content (AvgIpc) is 2.80. The molecule has 2 aliphatic rings. The van der Waals surface area contributed by atoms with E-state index in [1.807, 2.05) is 0 Å². The molecule has 2 aliphatic carbocycles. The number of halogens is 1. The normalized spacial score (nSPS) is 36.6. The largest absolute Gasteiger partial charge is 0.298 e. The zero-order valence-electron chi connectivity index (χ0n) is 8.18. The number of hydrogen-bond donors (Lipinski definition) is 0. The fourth-order valence-electron chi connectivity index (χ4n) is 2.14. The first-order chi connectivity index (χ1) is 6.54. The smallest absolute Gasteiger partial charge is 0.155 e. The van der Waals surface area contributed by atoms with Gasteiger partial charge in [-0.2, -0.15) is 0 Å². The summed E-state index contributed by atoms with van der Waals surface area (Å²) in [7, 11) is 0. The summed E-state index contributed by atoms with van der Waals surface area (Å²) < 4.78 is -0.337. The highest BCUT2D eigenvalue weighted by Gasteiger charge is 2.57. The lowest BCUT2D eigenvalue weighted by molar-refractivity contribution is -0.117. The second-order valence-corrected chi connectivity index (χ2v) is 5.63. The quantitative estimate of drug-likeness (QED) is 0.712. The summed E-state index contributed by atoms with van der Waals surface area (Å²) in [5, 5.41) is 0. The van der Waals surface area contributed by atoms with E-state index in [0.29, 0.717) is 6.42 Å². The number of alkyl halides is 1. The SMILES string of the molecule is CC(=O)[C@]1(Br)C[C@H]1C1=CC(=O)CCC1. The molecule has 1 saturated carbocycles. The highest BCUT2D eigenvalue weighted by molar-refractivity contribution is 9.10. The fourth-order valence-corrected chi connectivity index (χ4v) is 2.76. The van der Waals surface area contributed by atoms with E-state index in [4.69, 9.17) is 0 Å². The topological polar surface area (TPSA) is 34.1 Å². The van der Waals surface area contributed by atoms with Crippen molar-refractivity contribution in [2.45, 2.75) is 36.9 Å². The van der Waals surface area contributed by atoms with Gasteiger partial charge < -0.3 is 0 Å². The molecule has 2 atom stereocenters. The van der Waals surface area contributed by atoms with Crippen LogP contribution in [0.15, 0.2) is 11.6 Å². The van der Waals surface area contributed by atoms with Gasteiger partial charge in [-0.25, -0.2) is 0 Å². The van der Waals surface area contributed by atoms with Gasteiger partial charge in [-0.3, -0.25) is 9.59 Å². The van der Waals surface area contributed by atoms with Gasteiger partial charge in [0.25, 0.3) is 0 Å². The minimum atomic E-state index is -0.337. The van der Waals surface area contributed by atoms with Crippen LogP contribution in [-0.4, -0.2) is 15.9 Å². The number of carbonyl (C=O) groups is 2. The van der Waals surface area contributed by atoms with E-state index in [9.17, 15) is 9.59 Å². The van der Waals surface area contributed by atoms with E-state index >= 15 is 0 Å². The van der Waals surface area contributed by atoms with E-state index in [1.165, 1.54) is 5.57 Å². The monoisotopic (exact) mass is 256 g/mol. The van der Waals surface area contributed by atoms with E-state index in [1.54, 1.807) is 13.0 Å². The Kier molecular flexibility index (Phi) is 2.38. The van der Waals surface area contributed by atoms with Gasteiger partial charge in [-0.1, -0.05) is 21.5 Å². The van der Waals surface area contributed by atoms with Crippen LogP contribution in [0.5, 0.6) is 0 Å². The minimum Gasteiger partial charge on any atom is -0.298 e. The highest BCUT2D eigenvalue weighted by Crippen LogP contribution is 2.57. The Morgan fingerprint density at radius 1 is 1.57 bits per heavy atom. The summed E-state index contributed by atoms with van der Waals surface area (Å²) in [4.78, 5) is 22.5. The van der Waals surface area contributed by atoms with Crippen LogP contribution in [0.2, 0.25) is 0 Å². The van der Waals surface area contributed by atoms with Crippen molar-refractivity contribution in [3.63, 3.8) is 0 Å². The van der Waals surface area contributed by atoms with Gasteiger partial charge in [0.2, 0.25) is 0 Å². The first-order valence-corrected chi connectivity index (χ1v) is 5.76. The number of allylic oxidation sites excluding steroid dienone is 2. The van der Waals surface area contributed by atoms with Crippen LogP contribution in [-0.2, 0) is 9.59 Å². The van der Waals surface area contributed by atoms with Gasteiger partial charge >= 0.3 is 0 Å². The number of carbonyl (C=O) groups excluding carboxylic acids is 2. The van der Waals surface area contributed by atoms with Crippen molar-refractivity contribution < 1.29 is 9.59 Å². The van der Waals surface area contributed by atoms with Gasteiger partial charge in [0, 0.05) is 12.3 Å². The van der Waals surface area contributed by atoms with Crippen molar-refractivity contribution in [1.82, 2.24) is 0 Å². The molecule has 2 rings (SSSR count). The molecule has 0 aromatic rings. The lowest BCUT2D eigenvalue weighted by Crippen LogP contribution is -2.16. The zero-order valence-corrected chi connectivity index (χ0v) is 9.76. The fraction of sp³-hybridized carbons (Fsp3) is 0.636. The van der Waals surface area contributed by atoms with E-state index in [-0.39, 0.29) is 21.8 Å². The summed E-state index contributed by atoms with van der Waals surface area (Å²) in [6.45, 7) is 1.61. The summed E-state index contributed by atoms with van der Waals surface area (Å²) in [5.41, 5.74) is 1.17. The molecule has 0 amide bonds. The van der Waals surface area contributed by atoms with E-state index in [2.05, 4.69) is 15.9 Å². The predicted octanol–water partition coefficient (Wildman–Crippen LogP) is 2.41. The third-order valence-corrected chi connectivity index (χ3v) is 4.60. The van der Waals surface area contributed by atoms with Crippen LogP contribution in [0.3, 0.4) is 0 Å². The molecule has 0 bridgehead atoms. The summed E-state index contributed by atoms with van der Waals surface area (Å²) in [5.74, 6) is 0.683. The Morgan fingerprint density at radius 2 is 2.29 bits per heavy atom. The molecule has 3 heteroatoms. The summed E-state index contributed by atoms with van der Waals surface area (Å²) >= 11 is 3.47. The van der Waals surface area contributed by atoms with Crippen LogP contribution in [0, 0.1) is 5.92 Å². The Labute approximate surface area is 91.9 Å². The van der Waals surface area contributed by atoms with Gasteiger partial charge in [-0.15, -0.1) is 0 Å². The van der Waals surface area contributed by atoms with Crippen LogP contribution in [0.4, 0.5) is 0 Å². The van der Waals surface area contributed by atoms with Crippen molar-refractivity contribution in [3.05, 3.63) is 11.6 Å². The molecule has 2 nitrogen and oxygen atoms in total. The summed E-state index contributed by atoms with van der Waals surface area (Å²) in [6.07, 6.45) is 5.21. The molecule has 0 N–H and O–H groups in total. The molecule has 0 unspecified atom stereocenters. The third-order valence-electron chi connectivity index (χ3n) is 3.16. The first-order valence-electron chi connectivity index (χ1n) is 4.97. The molecule has 0 aromatic carbocycles. The molecule has 0 radical (unpaired) electrons. The molecule has 0 spiro atoms. The maximum Gasteiger partial charge on any atom is 0.155 e. The zero-order chi connectivity index (χ0) is 10.3.